The Morgan fingerprint density at radius 2 is 1.83 bits per heavy atom. The van der Waals surface area contributed by atoms with E-state index in [0.717, 1.165) is 24.2 Å². The van der Waals surface area contributed by atoms with Crippen molar-refractivity contribution in [3.63, 3.8) is 0 Å². The zero-order chi connectivity index (χ0) is 20.2. The van der Waals surface area contributed by atoms with E-state index in [0.29, 0.717) is 37.6 Å². The third-order valence-corrected chi connectivity index (χ3v) is 8.05. The van der Waals surface area contributed by atoms with Crippen molar-refractivity contribution in [2.75, 3.05) is 31.1 Å². The van der Waals surface area contributed by atoms with Crippen molar-refractivity contribution >= 4 is 21.4 Å². The number of aromatic nitrogens is 4. The van der Waals surface area contributed by atoms with E-state index >= 15 is 0 Å². The lowest BCUT2D eigenvalue weighted by Crippen LogP contribution is -2.49. The Labute approximate surface area is 169 Å². The van der Waals surface area contributed by atoms with Crippen LogP contribution >= 0.6 is 0 Å². The molecule has 3 aromatic rings. The zero-order valence-electron chi connectivity index (χ0n) is 16.6. The fourth-order valence-corrected chi connectivity index (χ4v) is 6.20. The summed E-state index contributed by atoms with van der Waals surface area (Å²) in [5.74, 6) is 1.24. The Morgan fingerprint density at radius 1 is 1.07 bits per heavy atom. The predicted molar refractivity (Wildman–Crippen MR) is 107 cm³/mol. The maximum Gasteiger partial charge on any atom is 0.248 e. The molecule has 1 aliphatic heterocycles. The van der Waals surface area contributed by atoms with Crippen LogP contribution in [0.3, 0.4) is 0 Å². The number of hydrogen-bond acceptors (Lipinski definition) is 7. The van der Waals surface area contributed by atoms with Gasteiger partial charge in [-0.25, -0.2) is 17.9 Å². The summed E-state index contributed by atoms with van der Waals surface area (Å²) in [5.41, 5.74) is 3.95. The largest absolute Gasteiger partial charge is 0.360 e. The van der Waals surface area contributed by atoms with E-state index in [1.54, 1.807) is 20.0 Å². The molecule has 4 heterocycles. The summed E-state index contributed by atoms with van der Waals surface area (Å²) >= 11 is 0. The van der Waals surface area contributed by atoms with Gasteiger partial charge in [0, 0.05) is 44.1 Å². The Kier molecular flexibility index (Phi) is 4.36. The minimum atomic E-state index is -3.62. The molecule has 3 aromatic heterocycles. The Morgan fingerprint density at radius 3 is 2.55 bits per heavy atom. The molecule has 9 nitrogen and oxygen atoms in total. The first-order chi connectivity index (χ1) is 14.0. The minimum absolute atomic E-state index is 0.191. The van der Waals surface area contributed by atoms with Crippen LogP contribution in [0.5, 0.6) is 0 Å². The smallest absolute Gasteiger partial charge is 0.248 e. The molecule has 0 unspecified atom stereocenters. The van der Waals surface area contributed by atoms with E-state index in [1.165, 1.54) is 28.4 Å². The number of aryl methyl sites for hydroxylation is 4. The summed E-state index contributed by atoms with van der Waals surface area (Å²) in [4.78, 5) is 7.01. The van der Waals surface area contributed by atoms with E-state index < -0.39 is 10.0 Å². The van der Waals surface area contributed by atoms with Crippen molar-refractivity contribution in [1.29, 1.82) is 0 Å². The monoisotopic (exact) mass is 416 g/mol. The van der Waals surface area contributed by atoms with Crippen molar-refractivity contribution in [2.45, 2.75) is 44.4 Å². The zero-order valence-corrected chi connectivity index (χ0v) is 17.4. The lowest BCUT2D eigenvalue weighted by atomic mass is 9.97. The molecule has 0 N–H and O–H groups in total. The summed E-state index contributed by atoms with van der Waals surface area (Å²) in [6.45, 7) is 5.24. The average molecular weight is 417 g/mol. The van der Waals surface area contributed by atoms with Crippen LogP contribution in [0.25, 0.3) is 5.52 Å². The maximum atomic E-state index is 13.1. The third-order valence-electron chi connectivity index (χ3n) is 5.90. The van der Waals surface area contributed by atoms with Crippen molar-refractivity contribution in [1.82, 2.24) is 24.1 Å². The second-order valence-electron chi connectivity index (χ2n) is 7.72. The fourth-order valence-electron chi connectivity index (χ4n) is 4.49. The molecule has 154 valence electrons. The Hall–Kier alpha value is -2.46. The lowest BCUT2D eigenvalue weighted by molar-refractivity contribution is 0.378. The van der Waals surface area contributed by atoms with Gasteiger partial charge in [-0.15, -0.1) is 0 Å². The van der Waals surface area contributed by atoms with Crippen molar-refractivity contribution in [3.8, 4) is 0 Å². The molecule has 0 atom stereocenters. The predicted octanol–water partition coefficient (Wildman–Crippen LogP) is 1.72. The van der Waals surface area contributed by atoms with Crippen molar-refractivity contribution < 1.29 is 12.9 Å². The first-order valence-corrected chi connectivity index (χ1v) is 11.4. The summed E-state index contributed by atoms with van der Waals surface area (Å²) in [7, 11) is -3.62. The van der Waals surface area contributed by atoms with Gasteiger partial charge >= 0.3 is 0 Å². The molecular formula is C19H24N6O3S. The lowest BCUT2D eigenvalue weighted by Gasteiger charge is -2.34. The highest BCUT2D eigenvalue weighted by Crippen LogP contribution is 2.31. The third kappa shape index (κ3) is 2.93. The van der Waals surface area contributed by atoms with E-state index in [9.17, 15) is 8.42 Å². The quantitative estimate of drug-likeness (QED) is 0.641. The summed E-state index contributed by atoms with van der Waals surface area (Å²) in [6, 6.07) is 0. The van der Waals surface area contributed by atoms with Gasteiger partial charge in [0.25, 0.3) is 0 Å². The summed E-state index contributed by atoms with van der Waals surface area (Å²) < 4.78 is 34.7. The van der Waals surface area contributed by atoms with Crippen LogP contribution in [0.1, 0.15) is 35.6 Å². The van der Waals surface area contributed by atoms with Gasteiger partial charge in [-0.2, -0.15) is 9.40 Å². The molecule has 0 saturated carbocycles. The van der Waals surface area contributed by atoms with Gasteiger partial charge in [0.2, 0.25) is 10.0 Å². The number of fused-ring (bicyclic) bond motifs is 3. The molecular weight excluding hydrogens is 392 g/mol. The fraction of sp³-hybridized carbons (Fsp3) is 0.526. The van der Waals surface area contributed by atoms with Crippen LogP contribution in [0.15, 0.2) is 21.8 Å². The second-order valence-corrected chi connectivity index (χ2v) is 9.60. The number of nitrogens with zero attached hydrogens (tertiary/aromatic N) is 6. The van der Waals surface area contributed by atoms with Crippen molar-refractivity contribution in [2.24, 2.45) is 0 Å². The minimum Gasteiger partial charge on any atom is -0.360 e. The molecule has 1 fully saturated rings. The molecule has 0 spiro atoms. The van der Waals surface area contributed by atoms with Gasteiger partial charge in [-0.1, -0.05) is 5.16 Å². The molecule has 0 aromatic carbocycles. The van der Waals surface area contributed by atoms with Gasteiger partial charge in [0.05, 0.1) is 5.69 Å². The van der Waals surface area contributed by atoms with Crippen molar-refractivity contribution in [3.05, 3.63) is 35.1 Å². The van der Waals surface area contributed by atoms with Crippen LogP contribution in [0.4, 0.5) is 5.82 Å². The number of anilines is 1. The van der Waals surface area contributed by atoms with Gasteiger partial charge in [-0.05, 0) is 39.5 Å². The molecule has 29 heavy (non-hydrogen) atoms. The van der Waals surface area contributed by atoms with Gasteiger partial charge in [0.1, 0.15) is 16.1 Å². The number of sulfonamides is 1. The molecule has 0 amide bonds. The summed E-state index contributed by atoms with van der Waals surface area (Å²) in [5, 5.41) is 8.54. The molecule has 2 aliphatic rings. The van der Waals surface area contributed by atoms with Crippen LogP contribution in [-0.4, -0.2) is 58.7 Å². The highest BCUT2D eigenvalue weighted by Gasteiger charge is 2.34. The van der Waals surface area contributed by atoms with Crippen LogP contribution in [0.2, 0.25) is 0 Å². The SMILES string of the molecule is Cc1noc(C)c1S(=O)(=O)N1CCN(c2nccn3nc4c(c23)CCCC4)CC1. The van der Waals surface area contributed by atoms with Crippen LogP contribution < -0.4 is 4.90 Å². The highest BCUT2D eigenvalue weighted by atomic mass is 32.2. The molecule has 10 heteroatoms. The normalized spacial score (nSPS) is 18.3. The second kappa shape index (κ2) is 6.81. The van der Waals surface area contributed by atoms with Crippen LogP contribution in [0, 0.1) is 13.8 Å². The van der Waals surface area contributed by atoms with E-state index in [4.69, 9.17) is 9.62 Å². The van der Waals surface area contributed by atoms with Crippen LogP contribution in [-0.2, 0) is 22.9 Å². The van der Waals surface area contributed by atoms with E-state index in [2.05, 4.69) is 15.0 Å². The Balaban J connectivity index is 1.42. The molecule has 0 radical (unpaired) electrons. The number of hydrogen-bond donors (Lipinski definition) is 0. The van der Waals surface area contributed by atoms with Gasteiger partial charge in [0.15, 0.2) is 11.6 Å². The first-order valence-electron chi connectivity index (χ1n) is 10.00. The van der Waals surface area contributed by atoms with E-state index in [1.807, 2.05) is 10.7 Å². The maximum absolute atomic E-state index is 13.1. The Bertz CT molecular complexity index is 1150. The van der Waals surface area contributed by atoms with Gasteiger partial charge < -0.3 is 9.42 Å². The van der Waals surface area contributed by atoms with E-state index in [-0.39, 0.29) is 4.90 Å². The molecule has 0 bridgehead atoms. The van der Waals surface area contributed by atoms with Gasteiger partial charge in [-0.3, -0.25) is 0 Å². The molecule has 1 aliphatic carbocycles. The average Bonchev–Trinajstić information content (AvgIpc) is 3.27. The number of rotatable bonds is 3. The molecule has 5 rings (SSSR count). The topological polar surface area (TPSA) is 96.8 Å². The standard InChI is InChI=1S/C19H24N6O3S/c1-13-18(14(2)28-22-13)29(26,27)24-11-9-23(10-12-24)19-17-15-5-3-4-6-16(15)21-25(17)8-7-20-19/h7-8H,3-6,9-12H2,1-2H3. The molecule has 1 saturated heterocycles. The highest BCUT2D eigenvalue weighted by molar-refractivity contribution is 7.89. The first kappa shape index (κ1) is 18.6. The number of piperazine rings is 1. The summed E-state index contributed by atoms with van der Waals surface area (Å²) in [6.07, 6.45) is 8.06.